The zero-order chi connectivity index (χ0) is 14.7. The van der Waals surface area contributed by atoms with E-state index in [9.17, 15) is 4.79 Å². The number of nitriles is 2. The van der Waals surface area contributed by atoms with E-state index < -0.39 is 12.0 Å². The van der Waals surface area contributed by atoms with Crippen molar-refractivity contribution in [2.24, 2.45) is 5.73 Å². The Hall–Kier alpha value is -0.501. The van der Waals surface area contributed by atoms with E-state index in [0.717, 1.165) is 0 Å². The molecule has 0 aliphatic rings. The van der Waals surface area contributed by atoms with E-state index in [2.05, 4.69) is 22.6 Å². The van der Waals surface area contributed by atoms with Gasteiger partial charge in [0, 0.05) is 5.75 Å². The number of thiophene rings is 1. The van der Waals surface area contributed by atoms with Crippen LogP contribution in [-0.4, -0.2) is 52.8 Å². The van der Waals surface area contributed by atoms with E-state index in [4.69, 9.17) is 21.4 Å². The van der Waals surface area contributed by atoms with Crippen molar-refractivity contribution in [3.63, 3.8) is 0 Å². The van der Waals surface area contributed by atoms with Crippen LogP contribution in [0.15, 0.2) is 17.5 Å². The molecule has 3 N–H and O–H groups in total. The molecule has 0 fully saturated rings. The Morgan fingerprint density at radius 3 is 2.37 bits per heavy atom. The molecule has 0 aromatic carbocycles. The van der Waals surface area contributed by atoms with Crippen LogP contribution in [0.5, 0.6) is 0 Å². The van der Waals surface area contributed by atoms with Crippen molar-refractivity contribution in [1.82, 2.24) is 0 Å². The van der Waals surface area contributed by atoms with Crippen molar-refractivity contribution in [2.75, 3.05) is 5.75 Å². The minimum atomic E-state index is -1.00. The Bertz CT molecular complexity index is 440. The second-order valence-corrected chi connectivity index (χ2v) is 9.48. The average molecular weight is 427 g/mol. The molecule has 0 spiro atoms. The molecule has 0 unspecified atom stereocenters. The molecule has 102 valence electrons. The Morgan fingerprint density at radius 1 is 1.53 bits per heavy atom. The zero-order valence-electron chi connectivity index (χ0n) is 9.59. The van der Waals surface area contributed by atoms with Gasteiger partial charge in [-0.1, -0.05) is 0 Å². The number of nitrogens with zero attached hydrogens (tertiary/aromatic N) is 2. The summed E-state index contributed by atoms with van der Waals surface area (Å²) in [6.45, 7) is 0. The minimum Gasteiger partial charge on any atom is -0.480 e. The molecule has 5 nitrogen and oxygen atoms in total. The molecule has 0 aliphatic carbocycles. The molecular weight excluding hydrogens is 416 g/mol. The van der Waals surface area contributed by atoms with Gasteiger partial charge in [0.25, 0.3) is 0 Å². The Labute approximate surface area is 133 Å². The van der Waals surface area contributed by atoms with E-state index in [0.29, 0.717) is 0 Å². The topological polar surface area (TPSA) is 111 Å². The summed E-state index contributed by atoms with van der Waals surface area (Å²) in [6.07, 6.45) is 0. The number of carboxylic acid groups (broad SMARTS) is 1. The molecule has 0 radical (unpaired) electrons. The fourth-order valence-electron chi connectivity index (χ4n) is 0.739. The number of hydrogen-bond acceptors (Lipinski definition) is 6. The summed E-state index contributed by atoms with van der Waals surface area (Å²) in [6, 6.07) is 3.16. The molecule has 1 aromatic heterocycles. The number of rotatable bonds is 5. The molecule has 0 aliphatic heterocycles. The first-order chi connectivity index (χ1) is 9.06. The van der Waals surface area contributed by atoms with Gasteiger partial charge in [-0.25, -0.2) is 0 Å². The average Bonchev–Trinajstić information content (AvgIpc) is 2.92. The minimum absolute atomic E-state index is 0.0689. The fourth-order valence-corrected chi connectivity index (χ4v) is 5.46. The third-order valence-corrected chi connectivity index (χ3v) is 8.12. The molecule has 19 heavy (non-hydrogen) atoms. The van der Waals surface area contributed by atoms with E-state index >= 15 is 0 Å². The molecule has 1 aromatic rings. The molecule has 0 saturated carbocycles. The Kier molecular flexibility index (Phi) is 11.0. The number of hydrogen-bond donors (Lipinski definition) is 3. The Balaban J connectivity index is 0.000000399. The van der Waals surface area contributed by atoms with Crippen LogP contribution in [-0.2, 0) is 4.79 Å². The normalized spacial score (nSPS) is 10.8. The van der Waals surface area contributed by atoms with E-state index in [1.54, 1.807) is 11.3 Å². The summed E-state index contributed by atoms with van der Waals surface area (Å²) >= 11 is 5.15. The van der Waals surface area contributed by atoms with Crippen LogP contribution in [0.3, 0.4) is 0 Å². The van der Waals surface area contributed by atoms with E-state index in [1.807, 2.05) is 17.5 Å². The SMILES string of the molecule is N#C[Se]C([Se]C#N)c1cccs1.N[C@@H](CS)C(=O)O. The van der Waals surface area contributed by atoms with Gasteiger partial charge in [-0.15, -0.1) is 0 Å². The number of carbonyl (C=O) groups is 1. The third-order valence-electron chi connectivity index (χ3n) is 1.61. The van der Waals surface area contributed by atoms with Crippen molar-refractivity contribution < 1.29 is 9.90 Å². The quantitative estimate of drug-likeness (QED) is 0.467. The molecule has 1 atom stereocenters. The van der Waals surface area contributed by atoms with Gasteiger partial charge < -0.3 is 10.8 Å². The van der Waals surface area contributed by atoms with Crippen LogP contribution < -0.4 is 5.73 Å². The second-order valence-electron chi connectivity index (χ2n) is 2.89. The summed E-state index contributed by atoms with van der Waals surface area (Å²) in [5, 5.41) is 27.1. The molecular formula is C10H11N3O2S2Se2. The molecule has 9 heteroatoms. The van der Waals surface area contributed by atoms with Gasteiger partial charge in [0.2, 0.25) is 0 Å². The monoisotopic (exact) mass is 429 g/mol. The summed E-state index contributed by atoms with van der Waals surface area (Å²) in [5.74, 6) is -0.815. The van der Waals surface area contributed by atoms with Gasteiger partial charge >= 0.3 is 93.8 Å². The largest absolute Gasteiger partial charge is 0.480 e. The van der Waals surface area contributed by atoms with Gasteiger partial charge in [-0.2, -0.15) is 12.6 Å². The summed E-state index contributed by atoms with van der Waals surface area (Å²) in [5.41, 5.74) is 4.94. The third kappa shape index (κ3) is 8.30. The summed E-state index contributed by atoms with van der Waals surface area (Å²) < 4.78 is 0.236. The molecule has 1 heterocycles. The van der Waals surface area contributed by atoms with E-state index in [1.165, 1.54) is 4.88 Å². The second kappa shape index (κ2) is 11.3. The van der Waals surface area contributed by atoms with Crippen LogP contribution in [0.2, 0.25) is 0 Å². The predicted molar refractivity (Wildman–Crippen MR) is 79.3 cm³/mol. The molecule has 0 bridgehead atoms. The molecule has 0 saturated heterocycles. The molecule has 0 amide bonds. The van der Waals surface area contributed by atoms with Crippen molar-refractivity contribution >= 4 is 59.8 Å². The zero-order valence-corrected chi connectivity index (χ0v) is 14.7. The van der Waals surface area contributed by atoms with Crippen molar-refractivity contribution in [1.29, 1.82) is 10.5 Å². The van der Waals surface area contributed by atoms with Crippen LogP contribution in [0.1, 0.15) is 8.59 Å². The number of thiol groups is 1. The number of aliphatic carboxylic acids is 1. The standard InChI is InChI=1S/C7H4N2SSe2.C3H7NO2S/c8-4-11-7(12-5-9)6-2-1-3-10-6;4-2(1-7)3(5)6/h1-3,7H;2,7H,1,4H2,(H,5,6)/t;2-/m.0/s1. The Morgan fingerprint density at radius 2 is 2.11 bits per heavy atom. The number of carboxylic acids is 1. The molecule has 1 rings (SSSR count). The fraction of sp³-hybridized carbons (Fsp3) is 0.300. The maximum absolute atomic E-state index is 9.76. The van der Waals surface area contributed by atoms with Gasteiger partial charge in [-0.05, 0) is 0 Å². The smallest absolute Gasteiger partial charge is 0.321 e. The van der Waals surface area contributed by atoms with Crippen LogP contribution in [0.4, 0.5) is 0 Å². The van der Waals surface area contributed by atoms with Crippen molar-refractivity contribution in [3.8, 4) is 9.94 Å². The predicted octanol–water partition coefficient (Wildman–Crippen LogP) is 0.445. The summed E-state index contributed by atoms with van der Waals surface area (Å²) in [7, 11) is 0. The maximum atomic E-state index is 9.76. The van der Waals surface area contributed by atoms with Gasteiger partial charge in [0.1, 0.15) is 6.04 Å². The van der Waals surface area contributed by atoms with Crippen molar-refractivity contribution in [3.05, 3.63) is 22.4 Å². The number of nitrogens with two attached hydrogens (primary N) is 1. The summed E-state index contributed by atoms with van der Waals surface area (Å²) in [4.78, 5) is 15.3. The van der Waals surface area contributed by atoms with Gasteiger partial charge in [0.05, 0.1) is 0 Å². The first-order valence-corrected chi connectivity index (χ1v) is 9.99. The van der Waals surface area contributed by atoms with Gasteiger partial charge in [-0.3, -0.25) is 4.79 Å². The van der Waals surface area contributed by atoms with Crippen LogP contribution >= 0.6 is 24.0 Å². The first-order valence-electron chi connectivity index (χ1n) is 4.78. The van der Waals surface area contributed by atoms with Gasteiger partial charge in [0.15, 0.2) is 0 Å². The first kappa shape index (κ1) is 18.5. The van der Waals surface area contributed by atoms with Crippen LogP contribution in [0.25, 0.3) is 0 Å². The van der Waals surface area contributed by atoms with E-state index in [-0.39, 0.29) is 39.4 Å². The maximum Gasteiger partial charge on any atom is 0.321 e. The van der Waals surface area contributed by atoms with Crippen molar-refractivity contribution in [2.45, 2.75) is 9.76 Å². The van der Waals surface area contributed by atoms with Crippen LogP contribution in [0, 0.1) is 20.5 Å².